The topological polar surface area (TPSA) is 38.1 Å². The molecule has 6 heteroatoms. The number of halogens is 3. The van der Waals surface area contributed by atoms with Gasteiger partial charge in [-0.1, -0.05) is 0 Å². The lowest BCUT2D eigenvalue weighted by Gasteiger charge is -2.05. The molecule has 0 unspecified atom stereocenters. The smallest absolute Gasteiger partial charge is 0.213 e. The lowest BCUT2D eigenvalue weighted by molar-refractivity contribution is 0.477. The highest BCUT2D eigenvalue weighted by Gasteiger charge is 2.10. The third kappa shape index (κ3) is 2.58. The minimum Gasteiger partial charge on any atom is -0.444 e. The summed E-state index contributed by atoms with van der Waals surface area (Å²) in [5.41, 5.74) is -0.139. The number of rotatable bonds is 3. The van der Waals surface area contributed by atoms with Gasteiger partial charge in [0.05, 0.1) is 18.4 Å². The summed E-state index contributed by atoms with van der Waals surface area (Å²) in [7, 11) is 0. The van der Waals surface area contributed by atoms with Crippen LogP contribution in [0.1, 0.15) is 11.7 Å². The van der Waals surface area contributed by atoms with E-state index in [9.17, 15) is 13.2 Å². The van der Waals surface area contributed by atoms with Crippen molar-refractivity contribution in [1.82, 2.24) is 4.98 Å². The normalized spacial score (nSPS) is 10.6. The zero-order chi connectivity index (χ0) is 12.4. The quantitative estimate of drug-likeness (QED) is 0.841. The van der Waals surface area contributed by atoms with Gasteiger partial charge in [-0.25, -0.2) is 18.2 Å². The summed E-state index contributed by atoms with van der Waals surface area (Å²) in [5, 5.41) is 2.57. The molecule has 2 rings (SSSR count). The van der Waals surface area contributed by atoms with Gasteiger partial charge in [0.2, 0.25) is 5.89 Å². The number of benzene rings is 1. The van der Waals surface area contributed by atoms with Gasteiger partial charge < -0.3 is 9.73 Å². The Kier molecular flexibility index (Phi) is 3.03. The number of anilines is 1. The summed E-state index contributed by atoms with van der Waals surface area (Å²) >= 11 is 0. The summed E-state index contributed by atoms with van der Waals surface area (Å²) in [6.45, 7) is 1.81. The third-order valence-electron chi connectivity index (χ3n) is 2.11. The van der Waals surface area contributed by atoms with E-state index in [0.29, 0.717) is 17.7 Å². The second kappa shape index (κ2) is 4.48. The standard InChI is InChI=1S/C11H9F3N2O/c1-6-4-16-11(17-6)5-15-10-3-8(13)7(12)2-9(10)14/h2-4,15H,5H2,1H3. The van der Waals surface area contributed by atoms with Gasteiger partial charge in [0, 0.05) is 12.1 Å². The van der Waals surface area contributed by atoms with E-state index in [0.717, 1.165) is 6.07 Å². The molecule has 0 radical (unpaired) electrons. The fourth-order valence-electron chi connectivity index (χ4n) is 1.31. The Morgan fingerprint density at radius 1 is 1.18 bits per heavy atom. The van der Waals surface area contributed by atoms with Crippen LogP contribution in [0.15, 0.2) is 22.7 Å². The molecular formula is C11H9F3N2O. The summed E-state index contributed by atoms with van der Waals surface area (Å²) in [5.74, 6) is -2.25. The molecule has 0 atom stereocenters. The number of aryl methyl sites for hydroxylation is 1. The summed E-state index contributed by atoms with van der Waals surface area (Å²) < 4.78 is 43.9. The van der Waals surface area contributed by atoms with Gasteiger partial charge in [-0.15, -0.1) is 0 Å². The number of hydrogen-bond acceptors (Lipinski definition) is 3. The van der Waals surface area contributed by atoms with E-state index in [2.05, 4.69) is 10.3 Å². The van der Waals surface area contributed by atoms with Gasteiger partial charge >= 0.3 is 0 Å². The molecule has 90 valence electrons. The average molecular weight is 242 g/mol. The highest BCUT2D eigenvalue weighted by Crippen LogP contribution is 2.19. The Morgan fingerprint density at radius 2 is 1.88 bits per heavy atom. The van der Waals surface area contributed by atoms with Crippen LogP contribution in [0.4, 0.5) is 18.9 Å². The molecule has 0 amide bonds. The fourth-order valence-corrected chi connectivity index (χ4v) is 1.31. The highest BCUT2D eigenvalue weighted by atomic mass is 19.2. The fraction of sp³-hybridized carbons (Fsp3) is 0.182. The summed E-state index contributed by atoms with van der Waals surface area (Å²) in [6.07, 6.45) is 1.51. The maximum atomic E-state index is 13.2. The summed E-state index contributed by atoms with van der Waals surface area (Å²) in [4.78, 5) is 3.88. The molecule has 0 aliphatic carbocycles. The molecule has 0 spiro atoms. The molecule has 17 heavy (non-hydrogen) atoms. The van der Waals surface area contributed by atoms with E-state index in [1.807, 2.05) is 0 Å². The average Bonchev–Trinajstić information content (AvgIpc) is 2.68. The molecule has 0 saturated heterocycles. The zero-order valence-corrected chi connectivity index (χ0v) is 8.93. The molecule has 1 aromatic heterocycles. The van der Waals surface area contributed by atoms with Crippen LogP contribution in [0.5, 0.6) is 0 Å². The van der Waals surface area contributed by atoms with Crippen LogP contribution in [0.3, 0.4) is 0 Å². The van der Waals surface area contributed by atoms with E-state index < -0.39 is 17.5 Å². The predicted molar refractivity (Wildman–Crippen MR) is 54.9 cm³/mol. The Hall–Kier alpha value is -1.98. The summed E-state index contributed by atoms with van der Waals surface area (Å²) in [6, 6.07) is 1.24. The molecular weight excluding hydrogens is 233 g/mol. The number of hydrogen-bond donors (Lipinski definition) is 1. The molecule has 0 fully saturated rings. The minimum atomic E-state index is -1.22. The van der Waals surface area contributed by atoms with Crippen LogP contribution in [0.2, 0.25) is 0 Å². The molecule has 1 aromatic carbocycles. The third-order valence-corrected chi connectivity index (χ3v) is 2.11. The number of oxazole rings is 1. The lowest BCUT2D eigenvalue weighted by atomic mass is 10.3. The molecule has 0 aliphatic heterocycles. The van der Waals surface area contributed by atoms with Crippen LogP contribution in [0, 0.1) is 24.4 Å². The van der Waals surface area contributed by atoms with E-state index in [1.54, 1.807) is 6.92 Å². The van der Waals surface area contributed by atoms with Crippen molar-refractivity contribution in [2.24, 2.45) is 0 Å². The monoisotopic (exact) mass is 242 g/mol. The van der Waals surface area contributed by atoms with Gasteiger partial charge in [-0.05, 0) is 6.92 Å². The SMILES string of the molecule is Cc1cnc(CNc2cc(F)c(F)cc2F)o1. The first kappa shape index (κ1) is 11.5. The zero-order valence-electron chi connectivity index (χ0n) is 8.93. The molecule has 2 aromatic rings. The van der Waals surface area contributed by atoms with Gasteiger partial charge in [-0.2, -0.15) is 0 Å². The maximum absolute atomic E-state index is 13.2. The second-order valence-corrected chi connectivity index (χ2v) is 3.46. The van der Waals surface area contributed by atoms with Gasteiger partial charge in [-0.3, -0.25) is 0 Å². The second-order valence-electron chi connectivity index (χ2n) is 3.46. The number of aromatic nitrogens is 1. The first-order valence-corrected chi connectivity index (χ1v) is 4.86. The maximum Gasteiger partial charge on any atom is 0.213 e. The first-order valence-electron chi connectivity index (χ1n) is 4.86. The number of nitrogens with zero attached hydrogens (tertiary/aromatic N) is 1. The largest absolute Gasteiger partial charge is 0.444 e. The van der Waals surface area contributed by atoms with Crippen molar-refractivity contribution in [3.8, 4) is 0 Å². The van der Waals surface area contributed by atoms with Crippen molar-refractivity contribution in [3.05, 3.63) is 47.4 Å². The molecule has 0 saturated carbocycles. The van der Waals surface area contributed by atoms with Crippen LogP contribution in [0.25, 0.3) is 0 Å². The van der Waals surface area contributed by atoms with E-state index in [1.165, 1.54) is 6.20 Å². The number of nitrogens with one attached hydrogen (secondary N) is 1. The lowest BCUT2D eigenvalue weighted by Crippen LogP contribution is -2.03. The van der Waals surface area contributed by atoms with Crippen molar-refractivity contribution in [2.75, 3.05) is 5.32 Å². The van der Waals surface area contributed by atoms with Crippen molar-refractivity contribution >= 4 is 5.69 Å². The first-order chi connectivity index (χ1) is 8.06. The van der Waals surface area contributed by atoms with Gasteiger partial charge in [0.1, 0.15) is 11.6 Å². The van der Waals surface area contributed by atoms with Gasteiger partial charge in [0.15, 0.2) is 11.6 Å². The van der Waals surface area contributed by atoms with Gasteiger partial charge in [0.25, 0.3) is 0 Å². The molecule has 1 N–H and O–H groups in total. The molecule has 0 bridgehead atoms. The molecule has 0 aliphatic rings. The Balaban J connectivity index is 2.11. The Labute approximate surface area is 95.3 Å². The van der Waals surface area contributed by atoms with Crippen molar-refractivity contribution < 1.29 is 17.6 Å². The van der Waals surface area contributed by atoms with E-state index in [4.69, 9.17) is 4.42 Å². The molecule has 3 nitrogen and oxygen atoms in total. The molecule has 1 heterocycles. The minimum absolute atomic E-state index is 0.0931. The highest BCUT2D eigenvalue weighted by molar-refractivity contribution is 5.45. The van der Waals surface area contributed by atoms with Crippen LogP contribution in [-0.2, 0) is 6.54 Å². The van der Waals surface area contributed by atoms with Crippen molar-refractivity contribution in [1.29, 1.82) is 0 Å². The van der Waals surface area contributed by atoms with E-state index in [-0.39, 0.29) is 12.2 Å². The predicted octanol–water partition coefficient (Wildman–Crippen LogP) is 3.01. The van der Waals surface area contributed by atoms with Crippen LogP contribution < -0.4 is 5.32 Å². The Morgan fingerprint density at radius 3 is 2.53 bits per heavy atom. The Bertz CT molecular complexity index is 540. The van der Waals surface area contributed by atoms with Crippen LogP contribution in [-0.4, -0.2) is 4.98 Å². The van der Waals surface area contributed by atoms with E-state index >= 15 is 0 Å². The van der Waals surface area contributed by atoms with Crippen molar-refractivity contribution in [2.45, 2.75) is 13.5 Å². The van der Waals surface area contributed by atoms with Crippen molar-refractivity contribution in [3.63, 3.8) is 0 Å². The van der Waals surface area contributed by atoms with Crippen LogP contribution >= 0.6 is 0 Å².